The van der Waals surface area contributed by atoms with Crippen molar-refractivity contribution in [3.63, 3.8) is 0 Å². The predicted molar refractivity (Wildman–Crippen MR) is 73.7 cm³/mol. The van der Waals surface area contributed by atoms with E-state index < -0.39 is 0 Å². The summed E-state index contributed by atoms with van der Waals surface area (Å²) in [4.78, 5) is 6.31. The van der Waals surface area contributed by atoms with Crippen LogP contribution in [0.4, 0.5) is 0 Å². The first kappa shape index (κ1) is 12.7. The molecule has 2 N–H and O–H groups in total. The number of hydrogen-bond donors (Lipinski definition) is 1. The molecule has 0 spiro atoms. The Bertz CT molecular complexity index is 482. The van der Waals surface area contributed by atoms with Gasteiger partial charge >= 0.3 is 0 Å². The summed E-state index contributed by atoms with van der Waals surface area (Å²) in [5, 5.41) is 0. The lowest BCUT2D eigenvalue weighted by molar-refractivity contribution is 0.318. The highest BCUT2D eigenvalue weighted by molar-refractivity contribution is 5.26. The number of nitrogens with two attached hydrogens (primary N) is 1. The van der Waals surface area contributed by atoms with Crippen molar-refractivity contribution in [3.8, 4) is 0 Å². The maximum absolute atomic E-state index is 5.75. The van der Waals surface area contributed by atoms with Crippen molar-refractivity contribution >= 4 is 0 Å². The largest absolute Gasteiger partial charge is 0.326 e. The van der Waals surface area contributed by atoms with Crippen LogP contribution in [0.3, 0.4) is 0 Å². The Kier molecular flexibility index (Phi) is 4.45. The van der Waals surface area contributed by atoms with Gasteiger partial charge in [-0.1, -0.05) is 24.3 Å². The number of nitrogens with zero attached hydrogens (tertiary/aromatic N) is 2. The number of rotatable bonds is 5. The van der Waals surface area contributed by atoms with Gasteiger partial charge in [0.25, 0.3) is 0 Å². The summed E-state index contributed by atoms with van der Waals surface area (Å²) in [5.41, 5.74) is 9.55. The minimum Gasteiger partial charge on any atom is -0.326 e. The minimum atomic E-state index is 0.596. The molecule has 0 fully saturated rings. The Morgan fingerprint density at radius 3 is 2.33 bits per heavy atom. The van der Waals surface area contributed by atoms with E-state index >= 15 is 0 Å². The highest BCUT2D eigenvalue weighted by Crippen LogP contribution is 2.12. The van der Waals surface area contributed by atoms with Crippen LogP contribution in [0.25, 0.3) is 0 Å². The van der Waals surface area contributed by atoms with Crippen LogP contribution in [0.15, 0.2) is 48.8 Å². The second kappa shape index (κ2) is 6.28. The van der Waals surface area contributed by atoms with Crippen molar-refractivity contribution in [1.29, 1.82) is 0 Å². The van der Waals surface area contributed by atoms with Gasteiger partial charge in [-0.2, -0.15) is 0 Å². The molecular weight excluding hydrogens is 222 g/mol. The summed E-state index contributed by atoms with van der Waals surface area (Å²) >= 11 is 0. The maximum atomic E-state index is 5.75. The summed E-state index contributed by atoms with van der Waals surface area (Å²) in [6.07, 6.45) is 3.66. The van der Waals surface area contributed by atoms with Gasteiger partial charge < -0.3 is 5.73 Å². The van der Waals surface area contributed by atoms with Crippen LogP contribution in [0.2, 0.25) is 0 Å². The Morgan fingerprint density at radius 2 is 1.67 bits per heavy atom. The van der Waals surface area contributed by atoms with Gasteiger partial charge in [0.1, 0.15) is 0 Å². The summed E-state index contributed by atoms with van der Waals surface area (Å²) < 4.78 is 0. The third-order valence-corrected chi connectivity index (χ3v) is 2.98. The van der Waals surface area contributed by atoms with Crippen LogP contribution in [0.1, 0.15) is 16.7 Å². The summed E-state index contributed by atoms with van der Waals surface area (Å²) in [5.74, 6) is 0. The van der Waals surface area contributed by atoms with Crippen molar-refractivity contribution in [2.75, 3.05) is 7.05 Å². The Hall–Kier alpha value is -1.71. The quantitative estimate of drug-likeness (QED) is 0.872. The fraction of sp³-hybridized carbons (Fsp3) is 0.267. The van der Waals surface area contributed by atoms with Crippen molar-refractivity contribution in [2.45, 2.75) is 19.6 Å². The molecule has 0 saturated heterocycles. The zero-order chi connectivity index (χ0) is 12.8. The van der Waals surface area contributed by atoms with Gasteiger partial charge in [-0.3, -0.25) is 9.88 Å². The molecule has 0 atom stereocenters. The van der Waals surface area contributed by atoms with Gasteiger partial charge in [0.15, 0.2) is 0 Å². The zero-order valence-electron chi connectivity index (χ0n) is 10.7. The second-order valence-corrected chi connectivity index (χ2v) is 4.50. The topological polar surface area (TPSA) is 42.2 Å². The lowest BCUT2D eigenvalue weighted by Crippen LogP contribution is -2.18. The minimum absolute atomic E-state index is 0.596. The number of aromatic nitrogens is 1. The van der Waals surface area contributed by atoms with E-state index in [1.807, 2.05) is 30.6 Å². The van der Waals surface area contributed by atoms with Crippen LogP contribution < -0.4 is 5.73 Å². The molecule has 0 aliphatic rings. The van der Waals surface area contributed by atoms with Gasteiger partial charge in [-0.15, -0.1) is 0 Å². The number of benzene rings is 1. The highest BCUT2D eigenvalue weighted by atomic mass is 15.1. The maximum Gasteiger partial charge on any atom is 0.0271 e. The van der Waals surface area contributed by atoms with Gasteiger partial charge in [0.2, 0.25) is 0 Å². The molecule has 18 heavy (non-hydrogen) atoms. The molecule has 3 heteroatoms. The van der Waals surface area contributed by atoms with Crippen molar-refractivity contribution < 1.29 is 0 Å². The molecule has 2 rings (SSSR count). The van der Waals surface area contributed by atoms with Crippen LogP contribution in [0.5, 0.6) is 0 Å². The second-order valence-electron chi connectivity index (χ2n) is 4.50. The lowest BCUT2D eigenvalue weighted by atomic mass is 10.1. The smallest absolute Gasteiger partial charge is 0.0271 e. The van der Waals surface area contributed by atoms with E-state index in [4.69, 9.17) is 5.73 Å². The average Bonchev–Trinajstić information content (AvgIpc) is 2.40. The number of hydrogen-bond acceptors (Lipinski definition) is 3. The van der Waals surface area contributed by atoms with Crippen molar-refractivity contribution in [2.24, 2.45) is 5.73 Å². The fourth-order valence-electron chi connectivity index (χ4n) is 2.06. The molecule has 0 aliphatic heterocycles. The van der Waals surface area contributed by atoms with E-state index in [0.29, 0.717) is 6.54 Å². The normalized spacial score (nSPS) is 10.8. The van der Waals surface area contributed by atoms with Crippen LogP contribution in [-0.4, -0.2) is 16.9 Å². The highest BCUT2D eigenvalue weighted by Gasteiger charge is 2.04. The molecule has 0 bridgehead atoms. The predicted octanol–water partition coefficient (Wildman–Crippen LogP) is 2.17. The molecule has 3 nitrogen and oxygen atoms in total. The molecular formula is C15H19N3. The van der Waals surface area contributed by atoms with Crippen LogP contribution >= 0.6 is 0 Å². The van der Waals surface area contributed by atoms with Crippen LogP contribution in [-0.2, 0) is 19.6 Å². The molecule has 2 aromatic rings. The standard InChI is InChI=1S/C15H19N3/c1-18(11-13-6-8-17-9-7-13)12-15-5-3-2-4-14(15)10-16/h2-9H,10-12,16H2,1H3. The fourth-order valence-corrected chi connectivity index (χ4v) is 2.06. The van der Waals surface area contributed by atoms with E-state index in [2.05, 4.69) is 35.1 Å². The molecule has 1 aromatic carbocycles. The first-order valence-corrected chi connectivity index (χ1v) is 6.14. The molecule has 0 radical (unpaired) electrons. The first-order valence-electron chi connectivity index (χ1n) is 6.14. The van der Waals surface area contributed by atoms with E-state index in [0.717, 1.165) is 13.1 Å². The van der Waals surface area contributed by atoms with E-state index in [1.54, 1.807) is 0 Å². The Balaban J connectivity index is 2.01. The van der Waals surface area contributed by atoms with Crippen LogP contribution in [0, 0.1) is 0 Å². The van der Waals surface area contributed by atoms with E-state index in [-0.39, 0.29) is 0 Å². The molecule has 0 amide bonds. The van der Waals surface area contributed by atoms with Gasteiger partial charge in [-0.25, -0.2) is 0 Å². The summed E-state index contributed by atoms with van der Waals surface area (Å²) in [6, 6.07) is 12.4. The SMILES string of the molecule is CN(Cc1ccncc1)Cc1ccccc1CN. The van der Waals surface area contributed by atoms with Gasteiger partial charge in [0, 0.05) is 32.0 Å². The first-order chi connectivity index (χ1) is 8.79. The average molecular weight is 241 g/mol. The van der Waals surface area contributed by atoms with Gasteiger partial charge in [-0.05, 0) is 35.9 Å². The molecule has 0 unspecified atom stereocenters. The lowest BCUT2D eigenvalue weighted by Gasteiger charge is -2.18. The molecule has 0 saturated carbocycles. The van der Waals surface area contributed by atoms with Crippen molar-refractivity contribution in [3.05, 3.63) is 65.5 Å². The molecule has 1 aromatic heterocycles. The third kappa shape index (κ3) is 3.39. The molecule has 94 valence electrons. The Morgan fingerprint density at radius 1 is 1.00 bits per heavy atom. The summed E-state index contributed by atoms with van der Waals surface area (Å²) in [7, 11) is 2.12. The monoisotopic (exact) mass is 241 g/mol. The molecule has 0 aliphatic carbocycles. The number of pyridine rings is 1. The zero-order valence-corrected chi connectivity index (χ0v) is 10.7. The van der Waals surface area contributed by atoms with E-state index in [1.165, 1.54) is 16.7 Å². The molecule has 1 heterocycles. The van der Waals surface area contributed by atoms with Crippen molar-refractivity contribution in [1.82, 2.24) is 9.88 Å². The Labute approximate surface area is 108 Å². The van der Waals surface area contributed by atoms with E-state index in [9.17, 15) is 0 Å². The summed E-state index contributed by atoms with van der Waals surface area (Å²) in [6.45, 7) is 2.43. The van der Waals surface area contributed by atoms with Gasteiger partial charge in [0.05, 0.1) is 0 Å². The third-order valence-electron chi connectivity index (χ3n) is 2.98.